The number of phenolic OH excluding ortho intramolecular Hbond substituents is 1. The third kappa shape index (κ3) is 3.86. The van der Waals surface area contributed by atoms with Gasteiger partial charge in [0, 0.05) is 4.88 Å². The van der Waals surface area contributed by atoms with Crippen LogP contribution in [0.25, 0.3) is 10.2 Å². The molecule has 1 aliphatic rings. The molecule has 0 saturated heterocycles. The molecule has 2 aromatic heterocycles. The number of hydrogen-bond acceptors (Lipinski definition) is 7. The zero-order valence-corrected chi connectivity index (χ0v) is 18.7. The molecule has 1 atom stereocenters. The molecule has 3 aromatic rings. The van der Waals surface area contributed by atoms with Crippen molar-refractivity contribution in [3.8, 4) is 11.5 Å². The second-order valence-corrected chi connectivity index (χ2v) is 9.57. The van der Waals surface area contributed by atoms with E-state index in [4.69, 9.17) is 4.74 Å². The number of ether oxygens (including phenoxy) is 1. The van der Waals surface area contributed by atoms with Crippen molar-refractivity contribution in [1.82, 2.24) is 9.97 Å². The molecule has 1 aliphatic carbocycles. The van der Waals surface area contributed by atoms with Crippen LogP contribution in [0.1, 0.15) is 49.6 Å². The maximum Gasteiger partial charge on any atom is 0.161 e. The number of nitrogens with zero attached hydrogens (tertiary/aromatic N) is 3. The van der Waals surface area contributed by atoms with Gasteiger partial charge in [-0.2, -0.15) is 5.10 Å². The van der Waals surface area contributed by atoms with Crippen molar-refractivity contribution in [2.75, 3.05) is 12.5 Å². The fourth-order valence-electron chi connectivity index (χ4n) is 4.09. The highest BCUT2D eigenvalue weighted by Crippen LogP contribution is 2.45. The average molecular weight is 425 g/mol. The lowest BCUT2D eigenvalue weighted by Gasteiger charge is -2.36. The van der Waals surface area contributed by atoms with Gasteiger partial charge < -0.3 is 9.84 Å². The molecule has 6 nitrogen and oxygen atoms in total. The molecule has 0 saturated carbocycles. The number of methoxy groups -OCH3 is 1. The maximum atomic E-state index is 9.74. The van der Waals surface area contributed by atoms with E-state index in [0.717, 1.165) is 34.4 Å². The summed E-state index contributed by atoms with van der Waals surface area (Å²) in [6, 6.07) is 5.11. The van der Waals surface area contributed by atoms with Crippen molar-refractivity contribution in [1.29, 1.82) is 0 Å². The van der Waals surface area contributed by atoms with E-state index >= 15 is 0 Å². The van der Waals surface area contributed by atoms with Crippen molar-refractivity contribution >= 4 is 33.6 Å². The number of thiophene rings is 1. The second kappa shape index (κ2) is 8.22. The lowest BCUT2D eigenvalue weighted by atomic mass is 9.69. The van der Waals surface area contributed by atoms with Crippen molar-refractivity contribution in [2.24, 2.45) is 16.4 Å². The molecule has 0 spiro atoms. The number of nitrogens with one attached hydrogen (secondary N) is 1. The predicted octanol–water partition coefficient (Wildman–Crippen LogP) is 5.39. The Hall–Kier alpha value is -2.67. The van der Waals surface area contributed by atoms with E-state index in [1.807, 2.05) is 0 Å². The molecule has 2 heterocycles. The first-order valence-electron chi connectivity index (χ1n) is 10.3. The minimum Gasteiger partial charge on any atom is -0.504 e. The molecule has 158 valence electrons. The molecule has 0 bridgehead atoms. The van der Waals surface area contributed by atoms with Crippen LogP contribution in [0, 0.1) is 11.3 Å². The predicted molar refractivity (Wildman–Crippen MR) is 123 cm³/mol. The number of rotatable bonds is 6. The quantitative estimate of drug-likeness (QED) is 0.409. The first-order chi connectivity index (χ1) is 14.4. The SMILES string of the molecule is CCC(C)(C)C1CCc2sc3ncnc(N/N=C/c4ccc(O)c(OC)c4)c3c2C1. The van der Waals surface area contributed by atoms with Crippen molar-refractivity contribution in [3.05, 3.63) is 40.5 Å². The molecule has 4 rings (SSSR count). The fraction of sp³-hybridized carbons (Fsp3) is 0.435. The number of phenols is 1. The summed E-state index contributed by atoms with van der Waals surface area (Å²) in [5.74, 6) is 1.93. The Kier molecular flexibility index (Phi) is 5.64. The van der Waals surface area contributed by atoms with E-state index in [0.29, 0.717) is 17.1 Å². The van der Waals surface area contributed by atoms with Gasteiger partial charge in [-0.05, 0) is 59.9 Å². The molecular weight excluding hydrogens is 396 g/mol. The summed E-state index contributed by atoms with van der Waals surface area (Å²) in [6.45, 7) is 7.04. The second-order valence-electron chi connectivity index (χ2n) is 8.49. The standard InChI is InChI=1S/C23H28N4O2S/c1-5-23(2,3)15-7-9-19-16(11-15)20-21(24-13-25-22(20)30-19)27-26-12-14-6-8-17(28)18(10-14)29-4/h6,8,10,12-13,15,28H,5,7,9,11H2,1-4H3,(H,24,25,27)/b26-12+. The fourth-order valence-corrected chi connectivity index (χ4v) is 5.27. The van der Waals surface area contributed by atoms with Gasteiger partial charge in [-0.1, -0.05) is 27.2 Å². The van der Waals surface area contributed by atoms with Gasteiger partial charge >= 0.3 is 0 Å². The Bertz CT molecular complexity index is 1090. The van der Waals surface area contributed by atoms with Crippen LogP contribution < -0.4 is 10.2 Å². The maximum absolute atomic E-state index is 9.74. The van der Waals surface area contributed by atoms with Gasteiger partial charge in [0.15, 0.2) is 17.3 Å². The molecule has 0 fully saturated rings. The lowest BCUT2D eigenvalue weighted by Crippen LogP contribution is -2.28. The largest absolute Gasteiger partial charge is 0.504 e. The van der Waals surface area contributed by atoms with Gasteiger partial charge in [0.2, 0.25) is 0 Å². The number of hydrogen-bond donors (Lipinski definition) is 2. The number of benzene rings is 1. The Balaban J connectivity index is 1.62. The normalized spacial score (nSPS) is 16.7. The molecule has 1 unspecified atom stereocenters. The van der Waals surface area contributed by atoms with Crippen molar-refractivity contribution < 1.29 is 9.84 Å². The summed E-state index contributed by atoms with van der Waals surface area (Å²) >= 11 is 1.78. The van der Waals surface area contributed by atoms with Crippen LogP contribution in [0.3, 0.4) is 0 Å². The molecule has 0 radical (unpaired) electrons. The van der Waals surface area contributed by atoms with Crippen LogP contribution in [-0.4, -0.2) is 28.4 Å². The molecule has 2 N–H and O–H groups in total. The molecule has 30 heavy (non-hydrogen) atoms. The number of aromatic nitrogens is 2. The van der Waals surface area contributed by atoms with Gasteiger partial charge in [-0.15, -0.1) is 11.3 Å². The summed E-state index contributed by atoms with van der Waals surface area (Å²) in [4.78, 5) is 11.5. The number of fused-ring (bicyclic) bond motifs is 3. The highest BCUT2D eigenvalue weighted by molar-refractivity contribution is 7.19. The van der Waals surface area contributed by atoms with Crippen molar-refractivity contribution in [2.45, 2.75) is 46.5 Å². The third-order valence-electron chi connectivity index (χ3n) is 6.45. The van der Waals surface area contributed by atoms with E-state index in [1.54, 1.807) is 42.1 Å². The Morgan fingerprint density at radius 1 is 1.37 bits per heavy atom. The minimum atomic E-state index is 0.106. The summed E-state index contributed by atoms with van der Waals surface area (Å²) in [5, 5.41) is 15.2. The van der Waals surface area contributed by atoms with Crippen LogP contribution in [0.4, 0.5) is 5.82 Å². The highest BCUT2D eigenvalue weighted by Gasteiger charge is 2.33. The summed E-state index contributed by atoms with van der Waals surface area (Å²) < 4.78 is 5.16. The lowest BCUT2D eigenvalue weighted by molar-refractivity contribution is 0.184. The number of aromatic hydroxyl groups is 1. The first-order valence-corrected chi connectivity index (χ1v) is 11.2. The molecule has 0 aliphatic heterocycles. The molecule has 0 amide bonds. The Labute approximate surface area is 181 Å². The Morgan fingerprint density at radius 3 is 2.97 bits per heavy atom. The van der Waals surface area contributed by atoms with E-state index in [2.05, 4.69) is 41.3 Å². The summed E-state index contributed by atoms with van der Waals surface area (Å²) in [6.07, 6.45) is 7.88. The zero-order chi connectivity index (χ0) is 21.3. The van der Waals surface area contributed by atoms with Gasteiger partial charge in [-0.25, -0.2) is 9.97 Å². The topological polar surface area (TPSA) is 79.6 Å². The average Bonchev–Trinajstić information content (AvgIpc) is 3.13. The monoisotopic (exact) mass is 424 g/mol. The molecular formula is C23H28N4O2S. The Morgan fingerprint density at radius 2 is 2.20 bits per heavy atom. The number of aryl methyl sites for hydroxylation is 1. The molecule has 1 aromatic carbocycles. The van der Waals surface area contributed by atoms with Crippen LogP contribution in [0.5, 0.6) is 11.5 Å². The smallest absolute Gasteiger partial charge is 0.161 e. The van der Waals surface area contributed by atoms with Crippen LogP contribution in [-0.2, 0) is 12.8 Å². The minimum absolute atomic E-state index is 0.106. The van der Waals surface area contributed by atoms with Gasteiger partial charge in [0.25, 0.3) is 0 Å². The van der Waals surface area contributed by atoms with E-state index in [-0.39, 0.29) is 5.75 Å². The van der Waals surface area contributed by atoms with E-state index in [1.165, 1.54) is 30.4 Å². The summed E-state index contributed by atoms with van der Waals surface area (Å²) in [7, 11) is 1.53. The van der Waals surface area contributed by atoms with Crippen LogP contribution in [0.15, 0.2) is 29.6 Å². The van der Waals surface area contributed by atoms with Crippen LogP contribution >= 0.6 is 11.3 Å². The van der Waals surface area contributed by atoms with Gasteiger partial charge in [0.1, 0.15) is 11.2 Å². The van der Waals surface area contributed by atoms with Crippen LogP contribution in [0.2, 0.25) is 0 Å². The first kappa shape index (κ1) is 20.6. The molecule has 7 heteroatoms. The number of hydrazone groups is 1. The van der Waals surface area contributed by atoms with Gasteiger partial charge in [0.05, 0.1) is 18.7 Å². The number of anilines is 1. The highest BCUT2D eigenvalue weighted by atomic mass is 32.1. The van der Waals surface area contributed by atoms with Gasteiger partial charge in [-0.3, -0.25) is 5.43 Å². The van der Waals surface area contributed by atoms with E-state index < -0.39 is 0 Å². The van der Waals surface area contributed by atoms with E-state index in [9.17, 15) is 5.11 Å². The zero-order valence-electron chi connectivity index (χ0n) is 17.9. The summed E-state index contributed by atoms with van der Waals surface area (Å²) in [5.41, 5.74) is 5.64. The van der Waals surface area contributed by atoms with Crippen molar-refractivity contribution in [3.63, 3.8) is 0 Å². The third-order valence-corrected chi connectivity index (χ3v) is 7.65.